The Morgan fingerprint density at radius 1 is 1.42 bits per heavy atom. The van der Waals surface area contributed by atoms with E-state index in [1.807, 2.05) is 31.2 Å². The van der Waals surface area contributed by atoms with Gasteiger partial charge in [-0.15, -0.1) is 0 Å². The zero-order valence-electron chi connectivity index (χ0n) is 7.21. The molecule has 0 radical (unpaired) electrons. The van der Waals surface area contributed by atoms with Crippen LogP contribution >= 0.6 is 0 Å². The monoisotopic (exact) mass is 163 g/mol. The third-order valence-electron chi connectivity index (χ3n) is 1.90. The number of rotatable bonds is 3. The number of hydrogen-bond acceptors (Lipinski definition) is 1. The summed E-state index contributed by atoms with van der Waals surface area (Å²) in [6.45, 7) is 2.04. The summed E-state index contributed by atoms with van der Waals surface area (Å²) in [6, 6.07) is 8.03. The minimum atomic E-state index is -0.238. The van der Waals surface area contributed by atoms with Crippen LogP contribution in [0.4, 0.5) is 0 Å². The van der Waals surface area contributed by atoms with Crippen molar-refractivity contribution in [2.24, 2.45) is 5.73 Å². The first-order valence-electron chi connectivity index (χ1n) is 4.03. The van der Waals surface area contributed by atoms with Gasteiger partial charge in [0.2, 0.25) is 5.91 Å². The van der Waals surface area contributed by atoms with Crippen LogP contribution in [0.25, 0.3) is 0 Å². The summed E-state index contributed by atoms with van der Waals surface area (Å²) in [5.41, 5.74) is 7.48. The maximum absolute atomic E-state index is 10.5. The lowest BCUT2D eigenvalue weighted by Gasteiger charge is -2.02. The van der Waals surface area contributed by atoms with Crippen molar-refractivity contribution in [1.82, 2.24) is 0 Å². The van der Waals surface area contributed by atoms with Crippen molar-refractivity contribution in [1.29, 1.82) is 0 Å². The van der Waals surface area contributed by atoms with Crippen LogP contribution in [0, 0.1) is 6.92 Å². The number of carbonyl (C=O) groups excluding carboxylic acids is 1. The van der Waals surface area contributed by atoms with Crippen LogP contribution in [0.3, 0.4) is 0 Å². The van der Waals surface area contributed by atoms with E-state index in [9.17, 15) is 4.79 Å². The van der Waals surface area contributed by atoms with Crippen LogP contribution in [-0.4, -0.2) is 5.91 Å². The predicted molar refractivity (Wildman–Crippen MR) is 48.7 cm³/mol. The predicted octanol–water partition coefficient (Wildman–Crippen LogP) is 1.41. The van der Waals surface area contributed by atoms with E-state index in [4.69, 9.17) is 5.73 Å². The van der Waals surface area contributed by atoms with Gasteiger partial charge < -0.3 is 5.73 Å². The van der Waals surface area contributed by atoms with Crippen molar-refractivity contribution in [3.05, 3.63) is 35.4 Å². The molecule has 0 aliphatic rings. The third-order valence-corrected chi connectivity index (χ3v) is 1.90. The van der Waals surface area contributed by atoms with Gasteiger partial charge in [0.05, 0.1) is 0 Å². The SMILES string of the molecule is Cc1ccccc1CCC(N)=O. The van der Waals surface area contributed by atoms with Gasteiger partial charge in [0.1, 0.15) is 0 Å². The Morgan fingerprint density at radius 3 is 2.67 bits per heavy atom. The van der Waals surface area contributed by atoms with Gasteiger partial charge in [0.15, 0.2) is 0 Å². The fourth-order valence-corrected chi connectivity index (χ4v) is 1.15. The number of hydrogen-bond donors (Lipinski definition) is 1. The fraction of sp³-hybridized carbons (Fsp3) is 0.300. The lowest BCUT2D eigenvalue weighted by molar-refractivity contribution is -0.117. The first-order chi connectivity index (χ1) is 5.70. The standard InChI is InChI=1S/C10H13NO/c1-8-4-2-3-5-9(8)6-7-10(11)12/h2-5H,6-7H2,1H3,(H2,11,12). The topological polar surface area (TPSA) is 43.1 Å². The van der Waals surface area contributed by atoms with Gasteiger partial charge in [-0.05, 0) is 24.5 Å². The summed E-state index contributed by atoms with van der Waals surface area (Å²) < 4.78 is 0. The molecular weight excluding hydrogens is 150 g/mol. The molecule has 2 nitrogen and oxygen atoms in total. The quantitative estimate of drug-likeness (QED) is 0.719. The van der Waals surface area contributed by atoms with E-state index in [1.165, 1.54) is 11.1 Å². The lowest BCUT2D eigenvalue weighted by Crippen LogP contribution is -2.11. The van der Waals surface area contributed by atoms with Crippen LogP contribution < -0.4 is 5.73 Å². The molecule has 0 aliphatic carbocycles. The van der Waals surface area contributed by atoms with E-state index in [-0.39, 0.29) is 5.91 Å². The molecule has 0 fully saturated rings. The van der Waals surface area contributed by atoms with Gasteiger partial charge in [0.25, 0.3) is 0 Å². The molecule has 0 aliphatic heterocycles. The lowest BCUT2D eigenvalue weighted by atomic mass is 10.0. The highest BCUT2D eigenvalue weighted by Gasteiger charge is 1.98. The van der Waals surface area contributed by atoms with Gasteiger partial charge >= 0.3 is 0 Å². The second-order valence-corrected chi connectivity index (χ2v) is 2.89. The Labute approximate surface area is 72.4 Å². The number of aryl methyl sites for hydroxylation is 2. The van der Waals surface area contributed by atoms with Crippen LogP contribution in [0.2, 0.25) is 0 Å². The Hall–Kier alpha value is -1.31. The molecule has 64 valence electrons. The first-order valence-corrected chi connectivity index (χ1v) is 4.03. The van der Waals surface area contributed by atoms with E-state index in [2.05, 4.69) is 0 Å². The summed E-state index contributed by atoms with van der Waals surface area (Å²) in [4.78, 5) is 10.5. The molecule has 1 aromatic rings. The molecule has 0 spiro atoms. The Bertz CT molecular complexity index is 281. The van der Waals surface area contributed by atoms with Gasteiger partial charge in [0, 0.05) is 6.42 Å². The number of amides is 1. The Balaban J connectivity index is 2.63. The molecule has 1 amide bonds. The molecule has 2 N–H and O–H groups in total. The highest BCUT2D eigenvalue weighted by Crippen LogP contribution is 2.08. The van der Waals surface area contributed by atoms with Gasteiger partial charge in [-0.25, -0.2) is 0 Å². The average Bonchev–Trinajstić information content (AvgIpc) is 2.03. The number of carbonyl (C=O) groups is 1. The number of benzene rings is 1. The molecule has 1 aromatic carbocycles. The van der Waals surface area contributed by atoms with Crippen molar-refractivity contribution >= 4 is 5.91 Å². The summed E-state index contributed by atoms with van der Waals surface area (Å²) in [5, 5.41) is 0. The van der Waals surface area contributed by atoms with Crippen molar-refractivity contribution in [3.63, 3.8) is 0 Å². The first kappa shape index (κ1) is 8.78. The second kappa shape index (κ2) is 3.90. The average molecular weight is 163 g/mol. The second-order valence-electron chi connectivity index (χ2n) is 2.89. The smallest absolute Gasteiger partial charge is 0.217 e. The molecule has 0 unspecified atom stereocenters. The molecule has 0 saturated heterocycles. The Morgan fingerprint density at radius 2 is 2.08 bits per heavy atom. The molecule has 0 atom stereocenters. The van der Waals surface area contributed by atoms with E-state index < -0.39 is 0 Å². The van der Waals surface area contributed by atoms with Gasteiger partial charge in [-0.2, -0.15) is 0 Å². The normalized spacial score (nSPS) is 9.75. The van der Waals surface area contributed by atoms with Crippen LogP contribution in [0.15, 0.2) is 24.3 Å². The fourth-order valence-electron chi connectivity index (χ4n) is 1.15. The third kappa shape index (κ3) is 2.38. The van der Waals surface area contributed by atoms with Crippen LogP contribution in [-0.2, 0) is 11.2 Å². The zero-order valence-corrected chi connectivity index (χ0v) is 7.21. The van der Waals surface area contributed by atoms with Crippen molar-refractivity contribution in [2.75, 3.05) is 0 Å². The number of primary amides is 1. The minimum Gasteiger partial charge on any atom is -0.370 e. The zero-order chi connectivity index (χ0) is 8.97. The summed E-state index contributed by atoms with van der Waals surface area (Å²) in [5.74, 6) is -0.238. The van der Waals surface area contributed by atoms with Crippen LogP contribution in [0.1, 0.15) is 17.5 Å². The maximum atomic E-state index is 10.5. The molecule has 0 heterocycles. The molecule has 2 heteroatoms. The van der Waals surface area contributed by atoms with Crippen LogP contribution in [0.5, 0.6) is 0 Å². The highest BCUT2D eigenvalue weighted by atomic mass is 16.1. The van der Waals surface area contributed by atoms with E-state index in [1.54, 1.807) is 0 Å². The molecule has 0 saturated carbocycles. The molecule has 12 heavy (non-hydrogen) atoms. The van der Waals surface area contributed by atoms with E-state index in [0.29, 0.717) is 6.42 Å². The van der Waals surface area contributed by atoms with Crippen molar-refractivity contribution in [3.8, 4) is 0 Å². The van der Waals surface area contributed by atoms with E-state index >= 15 is 0 Å². The summed E-state index contributed by atoms with van der Waals surface area (Å²) >= 11 is 0. The maximum Gasteiger partial charge on any atom is 0.217 e. The van der Waals surface area contributed by atoms with E-state index in [0.717, 1.165) is 6.42 Å². The van der Waals surface area contributed by atoms with Crippen molar-refractivity contribution in [2.45, 2.75) is 19.8 Å². The molecule has 0 aromatic heterocycles. The van der Waals surface area contributed by atoms with Gasteiger partial charge in [-0.1, -0.05) is 24.3 Å². The number of nitrogens with two attached hydrogens (primary N) is 1. The largest absolute Gasteiger partial charge is 0.370 e. The van der Waals surface area contributed by atoms with Crippen molar-refractivity contribution < 1.29 is 4.79 Å². The van der Waals surface area contributed by atoms with Gasteiger partial charge in [-0.3, -0.25) is 4.79 Å². The summed E-state index contributed by atoms with van der Waals surface area (Å²) in [6.07, 6.45) is 1.19. The molecule has 0 bridgehead atoms. The molecular formula is C10H13NO. The summed E-state index contributed by atoms with van der Waals surface area (Å²) in [7, 11) is 0. The molecule has 1 rings (SSSR count). The highest BCUT2D eigenvalue weighted by molar-refractivity contribution is 5.74. The minimum absolute atomic E-state index is 0.238. The Kier molecular flexibility index (Phi) is 2.86.